The molecule has 0 heterocycles. The Kier molecular flexibility index (Phi) is 5.06. The zero-order chi connectivity index (χ0) is 13.7. The highest BCUT2D eigenvalue weighted by Gasteiger charge is 2.06. The number of hydrogen-bond donors (Lipinski definition) is 1. The lowest BCUT2D eigenvalue weighted by Crippen LogP contribution is -2.18. The Labute approximate surface area is 120 Å². The number of hydrogen-bond acceptors (Lipinski definition) is 2. The molecular formula is C17H21NS. The van der Waals surface area contributed by atoms with E-state index in [0.29, 0.717) is 0 Å². The standard InChI is InChI=1S/C17H21NS/c1-13-7-3-4-9-16(13)12-19-17-10-6-5-8-15(17)11-14(2)18/h3-10,14H,11-12,18H2,1-2H3. The maximum absolute atomic E-state index is 5.92. The first-order valence-electron chi connectivity index (χ1n) is 6.67. The molecule has 0 bridgehead atoms. The molecule has 2 rings (SSSR count). The van der Waals surface area contributed by atoms with Crippen molar-refractivity contribution in [2.75, 3.05) is 0 Å². The topological polar surface area (TPSA) is 26.0 Å². The van der Waals surface area contributed by atoms with Crippen molar-refractivity contribution in [1.29, 1.82) is 0 Å². The van der Waals surface area contributed by atoms with Gasteiger partial charge in [-0.3, -0.25) is 0 Å². The van der Waals surface area contributed by atoms with Crippen LogP contribution < -0.4 is 5.73 Å². The summed E-state index contributed by atoms with van der Waals surface area (Å²) in [5, 5.41) is 0. The van der Waals surface area contributed by atoms with Gasteiger partial charge in [-0.05, 0) is 43.0 Å². The van der Waals surface area contributed by atoms with E-state index in [1.807, 2.05) is 11.8 Å². The molecule has 2 aromatic rings. The summed E-state index contributed by atoms with van der Waals surface area (Å²) in [7, 11) is 0. The summed E-state index contributed by atoms with van der Waals surface area (Å²) in [6.45, 7) is 4.23. The molecule has 0 radical (unpaired) electrons. The van der Waals surface area contributed by atoms with Crippen molar-refractivity contribution in [3.8, 4) is 0 Å². The number of nitrogens with two attached hydrogens (primary N) is 1. The number of rotatable bonds is 5. The summed E-state index contributed by atoms with van der Waals surface area (Å²) in [6.07, 6.45) is 0.941. The average molecular weight is 271 g/mol. The highest BCUT2D eigenvalue weighted by Crippen LogP contribution is 2.27. The first-order valence-corrected chi connectivity index (χ1v) is 7.66. The fourth-order valence-electron chi connectivity index (χ4n) is 2.09. The molecule has 0 fully saturated rings. The smallest absolute Gasteiger partial charge is 0.0234 e. The van der Waals surface area contributed by atoms with Gasteiger partial charge in [0.2, 0.25) is 0 Å². The monoisotopic (exact) mass is 271 g/mol. The Morgan fingerprint density at radius 2 is 1.63 bits per heavy atom. The van der Waals surface area contributed by atoms with Crippen LogP contribution in [0.4, 0.5) is 0 Å². The minimum atomic E-state index is 0.209. The Balaban J connectivity index is 2.09. The maximum Gasteiger partial charge on any atom is 0.0234 e. The van der Waals surface area contributed by atoms with Crippen LogP contribution in [0.15, 0.2) is 53.4 Å². The molecule has 100 valence electrons. The Hall–Kier alpha value is -1.25. The summed E-state index contributed by atoms with van der Waals surface area (Å²) >= 11 is 1.90. The molecule has 2 N–H and O–H groups in total. The van der Waals surface area contributed by atoms with Gasteiger partial charge in [-0.15, -0.1) is 11.8 Å². The summed E-state index contributed by atoms with van der Waals surface area (Å²) < 4.78 is 0. The summed E-state index contributed by atoms with van der Waals surface area (Å²) in [4.78, 5) is 1.35. The van der Waals surface area contributed by atoms with Gasteiger partial charge in [0.25, 0.3) is 0 Å². The molecule has 0 aliphatic heterocycles. The van der Waals surface area contributed by atoms with E-state index >= 15 is 0 Å². The van der Waals surface area contributed by atoms with Crippen molar-refractivity contribution in [2.45, 2.75) is 37.0 Å². The third kappa shape index (κ3) is 4.12. The summed E-state index contributed by atoms with van der Waals surface area (Å²) in [5.74, 6) is 1.02. The Morgan fingerprint density at radius 1 is 1.00 bits per heavy atom. The molecule has 19 heavy (non-hydrogen) atoms. The molecule has 0 spiro atoms. The average Bonchev–Trinajstić information content (AvgIpc) is 2.39. The van der Waals surface area contributed by atoms with Crippen LogP contribution in [0.1, 0.15) is 23.6 Å². The predicted molar refractivity (Wildman–Crippen MR) is 84.5 cm³/mol. The van der Waals surface area contributed by atoms with Gasteiger partial charge in [0.15, 0.2) is 0 Å². The quantitative estimate of drug-likeness (QED) is 0.826. The largest absolute Gasteiger partial charge is 0.328 e. The Bertz CT molecular complexity index is 534. The molecule has 1 unspecified atom stereocenters. The van der Waals surface area contributed by atoms with E-state index in [0.717, 1.165) is 12.2 Å². The summed E-state index contributed by atoms with van der Waals surface area (Å²) in [6, 6.07) is 17.4. The van der Waals surface area contributed by atoms with Crippen LogP contribution in [0.5, 0.6) is 0 Å². The van der Waals surface area contributed by atoms with Crippen molar-refractivity contribution < 1.29 is 0 Å². The van der Waals surface area contributed by atoms with E-state index in [4.69, 9.17) is 5.73 Å². The van der Waals surface area contributed by atoms with Crippen LogP contribution in [0.3, 0.4) is 0 Å². The van der Waals surface area contributed by atoms with Gasteiger partial charge in [0.05, 0.1) is 0 Å². The first-order chi connectivity index (χ1) is 9.16. The number of thioether (sulfide) groups is 1. The molecular weight excluding hydrogens is 250 g/mol. The second kappa shape index (κ2) is 6.78. The van der Waals surface area contributed by atoms with E-state index < -0.39 is 0 Å². The van der Waals surface area contributed by atoms with Crippen molar-refractivity contribution in [1.82, 2.24) is 0 Å². The molecule has 0 aliphatic rings. The molecule has 2 aromatic carbocycles. The van der Waals surface area contributed by atoms with Gasteiger partial charge in [0.1, 0.15) is 0 Å². The Morgan fingerprint density at radius 3 is 2.32 bits per heavy atom. The van der Waals surface area contributed by atoms with Crippen LogP contribution in [0.2, 0.25) is 0 Å². The van der Waals surface area contributed by atoms with Gasteiger partial charge in [0, 0.05) is 16.7 Å². The van der Waals surface area contributed by atoms with E-state index in [1.165, 1.54) is 21.6 Å². The van der Waals surface area contributed by atoms with Crippen LogP contribution in [0, 0.1) is 6.92 Å². The highest BCUT2D eigenvalue weighted by molar-refractivity contribution is 7.98. The minimum Gasteiger partial charge on any atom is -0.328 e. The van der Waals surface area contributed by atoms with Crippen molar-refractivity contribution >= 4 is 11.8 Å². The zero-order valence-electron chi connectivity index (χ0n) is 11.6. The second-order valence-electron chi connectivity index (χ2n) is 5.00. The normalized spacial score (nSPS) is 12.4. The molecule has 1 nitrogen and oxygen atoms in total. The van der Waals surface area contributed by atoms with Crippen LogP contribution >= 0.6 is 11.8 Å². The number of benzene rings is 2. The SMILES string of the molecule is Cc1ccccc1CSc1ccccc1CC(C)N. The highest BCUT2D eigenvalue weighted by atomic mass is 32.2. The first kappa shape index (κ1) is 14.2. The molecule has 0 aromatic heterocycles. The maximum atomic E-state index is 5.92. The fourth-order valence-corrected chi connectivity index (χ4v) is 3.23. The van der Waals surface area contributed by atoms with Gasteiger partial charge in [-0.1, -0.05) is 42.5 Å². The van der Waals surface area contributed by atoms with E-state index in [-0.39, 0.29) is 6.04 Å². The van der Waals surface area contributed by atoms with Gasteiger partial charge in [-0.2, -0.15) is 0 Å². The minimum absolute atomic E-state index is 0.209. The van der Waals surface area contributed by atoms with Crippen molar-refractivity contribution in [3.63, 3.8) is 0 Å². The molecule has 1 atom stereocenters. The number of aryl methyl sites for hydroxylation is 1. The van der Waals surface area contributed by atoms with Gasteiger partial charge >= 0.3 is 0 Å². The van der Waals surface area contributed by atoms with Crippen LogP contribution in [0.25, 0.3) is 0 Å². The van der Waals surface area contributed by atoms with Gasteiger partial charge in [-0.25, -0.2) is 0 Å². The van der Waals surface area contributed by atoms with Gasteiger partial charge < -0.3 is 5.73 Å². The lowest BCUT2D eigenvalue weighted by atomic mass is 10.1. The molecule has 0 aliphatic carbocycles. The molecule has 0 saturated heterocycles. The van der Waals surface area contributed by atoms with Crippen LogP contribution in [-0.4, -0.2) is 6.04 Å². The lowest BCUT2D eigenvalue weighted by molar-refractivity contribution is 0.729. The molecule has 0 saturated carbocycles. The van der Waals surface area contributed by atoms with E-state index in [2.05, 4.69) is 62.4 Å². The summed E-state index contributed by atoms with van der Waals surface area (Å²) in [5.41, 5.74) is 10.0. The third-order valence-corrected chi connectivity index (χ3v) is 4.32. The fraction of sp³-hybridized carbons (Fsp3) is 0.294. The predicted octanol–water partition coefficient (Wildman–Crippen LogP) is 4.18. The molecule has 2 heteroatoms. The van der Waals surface area contributed by atoms with Crippen LogP contribution in [-0.2, 0) is 12.2 Å². The van der Waals surface area contributed by atoms with E-state index in [9.17, 15) is 0 Å². The lowest BCUT2D eigenvalue weighted by Gasteiger charge is -2.12. The van der Waals surface area contributed by atoms with E-state index in [1.54, 1.807) is 0 Å². The molecule has 0 amide bonds. The second-order valence-corrected chi connectivity index (χ2v) is 6.02. The van der Waals surface area contributed by atoms with Crippen molar-refractivity contribution in [2.24, 2.45) is 5.73 Å². The third-order valence-electron chi connectivity index (χ3n) is 3.16. The zero-order valence-corrected chi connectivity index (χ0v) is 12.4. The van der Waals surface area contributed by atoms with Crippen molar-refractivity contribution in [3.05, 3.63) is 65.2 Å².